The van der Waals surface area contributed by atoms with Crippen molar-refractivity contribution < 1.29 is 23.6 Å². The minimum absolute atomic E-state index is 0.0443. The van der Waals surface area contributed by atoms with E-state index in [1.807, 2.05) is 36.4 Å². The summed E-state index contributed by atoms with van der Waals surface area (Å²) in [5, 5.41) is 20.6. The summed E-state index contributed by atoms with van der Waals surface area (Å²) in [5.74, 6) is 0.241. The lowest BCUT2D eigenvalue weighted by molar-refractivity contribution is -0.384. The smallest absolute Gasteiger partial charge is 0.344 e. The Bertz CT molecular complexity index is 1240. The van der Waals surface area contributed by atoms with Crippen molar-refractivity contribution in [3.05, 3.63) is 82.7 Å². The van der Waals surface area contributed by atoms with Gasteiger partial charge in [-0.15, -0.1) is 10.2 Å². The van der Waals surface area contributed by atoms with Crippen LogP contribution >= 0.6 is 0 Å². The molecule has 156 valence electrons. The second-order valence-corrected chi connectivity index (χ2v) is 6.68. The quantitative estimate of drug-likeness (QED) is 0.244. The van der Waals surface area contributed by atoms with Crippen LogP contribution in [0.5, 0.6) is 5.75 Å². The molecule has 9 nitrogen and oxygen atoms in total. The lowest BCUT2D eigenvalue weighted by atomic mass is 10.1. The maximum Gasteiger partial charge on any atom is 0.344 e. The van der Waals surface area contributed by atoms with Crippen LogP contribution in [0.15, 0.2) is 71.1 Å². The Balaban J connectivity index is 1.34. The summed E-state index contributed by atoms with van der Waals surface area (Å²) in [4.78, 5) is 22.4. The fraction of sp³-hybridized carbons (Fsp3) is 0.136. The van der Waals surface area contributed by atoms with Gasteiger partial charge >= 0.3 is 5.97 Å². The molecule has 0 amide bonds. The molecule has 31 heavy (non-hydrogen) atoms. The average Bonchev–Trinajstić information content (AvgIpc) is 3.28. The van der Waals surface area contributed by atoms with Gasteiger partial charge in [-0.05, 0) is 42.0 Å². The highest BCUT2D eigenvalue weighted by Crippen LogP contribution is 2.25. The highest BCUT2D eigenvalue weighted by atomic mass is 16.6. The van der Waals surface area contributed by atoms with E-state index in [1.165, 1.54) is 24.3 Å². The molecule has 1 heterocycles. The Morgan fingerprint density at radius 3 is 2.55 bits per heavy atom. The number of hydrogen-bond donors (Lipinski definition) is 0. The van der Waals surface area contributed by atoms with E-state index < -0.39 is 17.0 Å². The third-order valence-corrected chi connectivity index (χ3v) is 4.50. The number of non-ortho nitro benzene ring substituents is 1. The summed E-state index contributed by atoms with van der Waals surface area (Å²) in [6.07, 6.45) is -0.785. The first-order chi connectivity index (χ1) is 15.0. The number of ether oxygens (including phenoxy) is 2. The second-order valence-electron chi connectivity index (χ2n) is 6.68. The van der Waals surface area contributed by atoms with Crippen molar-refractivity contribution in [3.63, 3.8) is 0 Å². The first-order valence-electron chi connectivity index (χ1n) is 9.39. The van der Waals surface area contributed by atoms with Crippen molar-refractivity contribution in [1.29, 1.82) is 0 Å². The molecule has 1 unspecified atom stereocenters. The van der Waals surface area contributed by atoms with Crippen molar-refractivity contribution in [2.24, 2.45) is 0 Å². The van der Waals surface area contributed by atoms with Crippen molar-refractivity contribution >= 4 is 22.4 Å². The van der Waals surface area contributed by atoms with Crippen LogP contribution < -0.4 is 4.74 Å². The summed E-state index contributed by atoms with van der Waals surface area (Å²) in [6, 6.07) is 19.1. The molecule has 1 atom stereocenters. The zero-order chi connectivity index (χ0) is 21.8. The maximum absolute atomic E-state index is 12.1. The minimum atomic E-state index is -0.785. The number of carbonyl (C=O) groups is 1. The number of nitro benzene ring substituents is 1. The summed E-state index contributed by atoms with van der Waals surface area (Å²) >= 11 is 0. The first-order valence-corrected chi connectivity index (χ1v) is 9.39. The number of carbonyl (C=O) groups excluding carboxylic acids is 1. The van der Waals surface area contributed by atoms with E-state index in [4.69, 9.17) is 13.9 Å². The summed E-state index contributed by atoms with van der Waals surface area (Å²) in [6.45, 7) is 1.33. The Hall–Kier alpha value is -4.27. The Kier molecular flexibility index (Phi) is 5.57. The monoisotopic (exact) mass is 419 g/mol. The number of hydrogen-bond acceptors (Lipinski definition) is 8. The van der Waals surface area contributed by atoms with Crippen LogP contribution in [0.4, 0.5) is 5.69 Å². The summed E-state index contributed by atoms with van der Waals surface area (Å²) < 4.78 is 16.4. The fourth-order valence-electron chi connectivity index (χ4n) is 2.92. The number of esters is 1. The van der Waals surface area contributed by atoms with Gasteiger partial charge in [-0.1, -0.05) is 30.3 Å². The Morgan fingerprint density at radius 1 is 1.06 bits per heavy atom. The standard InChI is InChI=1S/C22H17N3O6/c1-14(21-23-24-22(31-21)16-6-9-18(10-7-16)25(27)28)30-20(26)13-29-19-11-8-15-4-2-3-5-17(15)12-19/h2-12,14H,13H2,1H3. The van der Waals surface area contributed by atoms with Gasteiger partial charge in [0, 0.05) is 17.7 Å². The van der Waals surface area contributed by atoms with E-state index in [1.54, 1.807) is 13.0 Å². The van der Waals surface area contributed by atoms with E-state index >= 15 is 0 Å². The number of nitrogens with zero attached hydrogens (tertiary/aromatic N) is 3. The van der Waals surface area contributed by atoms with E-state index in [0.717, 1.165) is 10.8 Å². The van der Waals surface area contributed by atoms with Gasteiger partial charge in [0.15, 0.2) is 12.7 Å². The predicted molar refractivity (Wildman–Crippen MR) is 110 cm³/mol. The van der Waals surface area contributed by atoms with Gasteiger partial charge in [-0.2, -0.15) is 0 Å². The molecule has 0 saturated heterocycles. The molecule has 0 aliphatic carbocycles. The number of rotatable bonds is 7. The van der Waals surface area contributed by atoms with Crippen LogP contribution in [-0.4, -0.2) is 27.7 Å². The average molecular weight is 419 g/mol. The van der Waals surface area contributed by atoms with E-state index in [0.29, 0.717) is 11.3 Å². The molecule has 4 rings (SSSR count). The van der Waals surface area contributed by atoms with Crippen molar-refractivity contribution in [2.45, 2.75) is 13.0 Å². The Labute approximate surface area is 176 Å². The van der Waals surface area contributed by atoms with Crippen LogP contribution in [0.3, 0.4) is 0 Å². The lowest BCUT2D eigenvalue weighted by Crippen LogP contribution is -2.17. The lowest BCUT2D eigenvalue weighted by Gasteiger charge is -2.10. The molecule has 0 aliphatic rings. The predicted octanol–water partition coefficient (Wildman–Crippen LogP) is 4.48. The van der Waals surface area contributed by atoms with Crippen molar-refractivity contribution in [1.82, 2.24) is 10.2 Å². The van der Waals surface area contributed by atoms with Crippen LogP contribution in [-0.2, 0) is 9.53 Å². The van der Waals surface area contributed by atoms with E-state index in [9.17, 15) is 14.9 Å². The zero-order valence-electron chi connectivity index (χ0n) is 16.4. The summed E-state index contributed by atoms with van der Waals surface area (Å²) in [5.41, 5.74) is 0.472. The van der Waals surface area contributed by atoms with Gasteiger partial charge < -0.3 is 13.9 Å². The SMILES string of the molecule is CC(OC(=O)COc1ccc2ccccc2c1)c1nnc(-c2ccc([N+](=O)[O-])cc2)o1. The van der Waals surface area contributed by atoms with Gasteiger partial charge in [0.05, 0.1) is 4.92 Å². The molecular formula is C22H17N3O6. The first kappa shape index (κ1) is 20.0. The number of nitro groups is 1. The normalized spacial score (nSPS) is 11.8. The molecule has 0 fully saturated rings. The highest BCUT2D eigenvalue weighted by molar-refractivity contribution is 5.83. The van der Waals surface area contributed by atoms with Gasteiger partial charge in [0.25, 0.3) is 11.6 Å². The molecule has 0 aliphatic heterocycles. The van der Waals surface area contributed by atoms with Crippen LogP contribution in [0, 0.1) is 10.1 Å². The molecule has 0 saturated carbocycles. The molecule has 0 spiro atoms. The van der Waals surface area contributed by atoms with Crippen LogP contribution in [0.1, 0.15) is 18.9 Å². The largest absolute Gasteiger partial charge is 0.482 e. The molecule has 9 heteroatoms. The minimum Gasteiger partial charge on any atom is -0.482 e. The van der Waals surface area contributed by atoms with E-state index in [-0.39, 0.29) is 24.1 Å². The van der Waals surface area contributed by atoms with Gasteiger partial charge in [-0.3, -0.25) is 10.1 Å². The molecule has 4 aromatic rings. The zero-order valence-corrected chi connectivity index (χ0v) is 16.4. The molecule has 1 aromatic heterocycles. The van der Waals surface area contributed by atoms with Crippen LogP contribution in [0.2, 0.25) is 0 Å². The third kappa shape index (κ3) is 4.67. The van der Waals surface area contributed by atoms with Crippen molar-refractivity contribution in [3.8, 4) is 17.2 Å². The Morgan fingerprint density at radius 2 is 1.81 bits per heavy atom. The van der Waals surface area contributed by atoms with Crippen molar-refractivity contribution in [2.75, 3.05) is 6.61 Å². The highest BCUT2D eigenvalue weighted by Gasteiger charge is 2.20. The number of aromatic nitrogens is 2. The molecule has 3 aromatic carbocycles. The molecule has 0 bridgehead atoms. The van der Waals surface area contributed by atoms with Gasteiger partial charge in [0.2, 0.25) is 5.89 Å². The van der Waals surface area contributed by atoms with Crippen LogP contribution in [0.25, 0.3) is 22.2 Å². The summed E-state index contributed by atoms with van der Waals surface area (Å²) in [7, 11) is 0. The molecule has 0 radical (unpaired) electrons. The van der Waals surface area contributed by atoms with Gasteiger partial charge in [-0.25, -0.2) is 4.79 Å². The third-order valence-electron chi connectivity index (χ3n) is 4.50. The fourth-order valence-corrected chi connectivity index (χ4v) is 2.92. The maximum atomic E-state index is 12.1. The number of benzene rings is 3. The second kappa shape index (κ2) is 8.62. The number of fused-ring (bicyclic) bond motifs is 1. The van der Waals surface area contributed by atoms with E-state index in [2.05, 4.69) is 10.2 Å². The van der Waals surface area contributed by atoms with Gasteiger partial charge in [0.1, 0.15) is 5.75 Å². The topological polar surface area (TPSA) is 118 Å². The molecular weight excluding hydrogens is 402 g/mol. The molecule has 0 N–H and O–H groups in total.